The molecule has 0 aliphatic carbocycles. The second-order valence-electron chi connectivity index (χ2n) is 13.4. The van der Waals surface area contributed by atoms with Crippen LogP contribution in [0.15, 0.2) is 42.2 Å². The highest BCUT2D eigenvalue weighted by molar-refractivity contribution is 9.11. The molecule has 0 aliphatic rings. The van der Waals surface area contributed by atoms with E-state index in [-0.39, 0.29) is 15.1 Å². The van der Waals surface area contributed by atoms with Crippen molar-refractivity contribution in [2.24, 2.45) is 0 Å². The van der Waals surface area contributed by atoms with E-state index in [4.69, 9.17) is 18.9 Å². The van der Waals surface area contributed by atoms with Gasteiger partial charge in [-0.15, -0.1) is 0 Å². The van der Waals surface area contributed by atoms with Gasteiger partial charge >= 0.3 is 0 Å². The topological polar surface area (TPSA) is 36.9 Å². The summed E-state index contributed by atoms with van der Waals surface area (Å²) in [5.41, 5.74) is 2.01. The van der Waals surface area contributed by atoms with Gasteiger partial charge in [-0.3, -0.25) is 0 Å². The molecule has 0 saturated heterocycles. The summed E-state index contributed by atoms with van der Waals surface area (Å²) in [4.78, 5) is 0.231. The summed E-state index contributed by atoms with van der Waals surface area (Å²) in [5.74, 6) is 1.58. The second kappa shape index (κ2) is 26.6. The van der Waals surface area contributed by atoms with Crippen LogP contribution in [-0.2, 0) is 14.9 Å². The molecule has 2 rings (SSSR count). The van der Waals surface area contributed by atoms with Crippen molar-refractivity contribution in [3.8, 4) is 11.5 Å². The third kappa shape index (κ3) is 18.1. The Morgan fingerprint density at radius 1 is 0.490 bits per heavy atom. The third-order valence-corrected chi connectivity index (χ3v) is 12.1. The molecule has 2 atom stereocenters. The summed E-state index contributed by atoms with van der Waals surface area (Å²) in [6.45, 7) is 12.9. The molecule has 0 heterocycles. The van der Waals surface area contributed by atoms with Crippen molar-refractivity contribution in [3.05, 3.63) is 53.3 Å². The second-order valence-corrected chi connectivity index (χ2v) is 19.4. The average molecular weight is 1070 g/mol. The molecule has 10 heteroatoms. The molecule has 0 aliphatic heterocycles. The molecule has 0 N–H and O–H groups in total. The number of unbranched alkanes of at least 4 members (excludes halogenated alkanes) is 12. The van der Waals surface area contributed by atoms with Gasteiger partial charge in [0.05, 0.1) is 40.8 Å². The first-order valence-electron chi connectivity index (χ1n) is 18.2. The van der Waals surface area contributed by atoms with Gasteiger partial charge in [-0.1, -0.05) is 137 Å². The van der Waals surface area contributed by atoms with Gasteiger partial charge in [0.1, 0.15) is 24.7 Å². The fourth-order valence-electron chi connectivity index (χ4n) is 5.47. The Hall–Kier alpha value is 0.840. The maximum Gasteiger partial charge on any atom is 0.147 e. The molecular weight excluding hydrogens is 1010 g/mol. The molecule has 2 aromatic rings. The third-order valence-electron chi connectivity index (χ3n) is 8.64. The average Bonchev–Trinajstić information content (AvgIpc) is 3.05. The Morgan fingerprint density at radius 3 is 1.12 bits per heavy atom. The van der Waals surface area contributed by atoms with Crippen LogP contribution >= 0.6 is 95.6 Å². The first-order chi connectivity index (χ1) is 23.5. The lowest BCUT2D eigenvalue weighted by molar-refractivity contribution is 0.121. The van der Waals surface area contributed by atoms with Crippen LogP contribution in [0, 0.1) is 0 Å². The number of ether oxygens (including phenoxy) is 4. The van der Waals surface area contributed by atoms with Crippen molar-refractivity contribution in [2.75, 3.05) is 39.6 Å². The van der Waals surface area contributed by atoms with Crippen LogP contribution in [0.4, 0.5) is 0 Å². The summed E-state index contributed by atoms with van der Waals surface area (Å²) in [7, 11) is 0. The van der Waals surface area contributed by atoms with Gasteiger partial charge in [-0.25, -0.2) is 0 Å². The number of hydrogen-bond acceptors (Lipinski definition) is 4. The summed E-state index contributed by atoms with van der Waals surface area (Å²) >= 11 is 22.6. The number of halogens is 6. The molecule has 0 aromatic heterocycles. The Balaban J connectivity index is 1.85. The molecule has 2 aromatic carbocycles. The summed E-state index contributed by atoms with van der Waals surface area (Å²) in [6, 6.07) is 8.59. The first-order valence-corrected chi connectivity index (χ1v) is 23.2. The van der Waals surface area contributed by atoms with Crippen LogP contribution in [0.25, 0.3) is 0 Å². The zero-order chi connectivity index (χ0) is 36.1. The Morgan fingerprint density at radius 2 is 0.796 bits per heavy atom. The smallest absolute Gasteiger partial charge is 0.147 e. The lowest BCUT2D eigenvalue weighted by Crippen LogP contribution is -2.21. The van der Waals surface area contributed by atoms with Crippen LogP contribution in [-0.4, -0.2) is 49.3 Å². The van der Waals surface area contributed by atoms with Crippen molar-refractivity contribution >= 4 is 95.6 Å². The fraction of sp³-hybridized carbons (Fsp3) is 0.692. The molecule has 0 saturated carbocycles. The fourth-order valence-corrected chi connectivity index (χ4v) is 8.94. The minimum atomic E-state index is -0.295. The predicted octanol–water partition coefficient (Wildman–Crippen LogP) is 14.9. The van der Waals surface area contributed by atoms with Crippen molar-refractivity contribution in [1.82, 2.24) is 0 Å². The van der Waals surface area contributed by atoms with E-state index in [1.54, 1.807) is 0 Å². The van der Waals surface area contributed by atoms with Crippen LogP contribution in [0.3, 0.4) is 0 Å². The van der Waals surface area contributed by atoms with Crippen LogP contribution in [0.2, 0.25) is 0 Å². The Labute approximate surface area is 348 Å². The largest absolute Gasteiger partial charge is 0.490 e. The molecule has 0 amide bonds. The minimum Gasteiger partial charge on any atom is -0.490 e. The van der Waals surface area contributed by atoms with E-state index < -0.39 is 0 Å². The van der Waals surface area contributed by atoms with Crippen molar-refractivity contribution < 1.29 is 18.9 Å². The van der Waals surface area contributed by atoms with Crippen molar-refractivity contribution in [3.63, 3.8) is 0 Å². The maximum atomic E-state index is 6.23. The summed E-state index contributed by atoms with van der Waals surface area (Å²) < 4.78 is 27.9. The molecule has 280 valence electrons. The lowest BCUT2D eigenvalue weighted by atomic mass is 9.78. The van der Waals surface area contributed by atoms with Gasteiger partial charge in [-0.2, -0.15) is 0 Å². The van der Waals surface area contributed by atoms with Gasteiger partial charge in [-0.05, 0) is 112 Å². The Bertz CT molecular complexity index is 1060. The monoisotopic (exact) mass is 1060 g/mol. The minimum absolute atomic E-state index is 0.115. The zero-order valence-corrected chi connectivity index (χ0v) is 39.5. The van der Waals surface area contributed by atoms with E-state index in [1.165, 1.54) is 77.0 Å². The molecule has 0 radical (unpaired) electrons. The van der Waals surface area contributed by atoms with Crippen molar-refractivity contribution in [2.45, 2.75) is 133 Å². The molecule has 0 spiro atoms. The van der Waals surface area contributed by atoms with E-state index in [1.807, 2.05) is 0 Å². The molecule has 49 heavy (non-hydrogen) atoms. The normalized spacial score (nSPS) is 13.1. The number of alkyl halides is 2. The highest BCUT2D eigenvalue weighted by atomic mass is 79.9. The highest BCUT2D eigenvalue weighted by Crippen LogP contribution is 2.44. The molecule has 0 fully saturated rings. The predicted molar refractivity (Wildman–Crippen MR) is 230 cm³/mol. The quantitative estimate of drug-likeness (QED) is 0.0629. The summed E-state index contributed by atoms with van der Waals surface area (Å²) in [5, 5.41) is 0. The molecular formula is C39H58Br6O4. The lowest BCUT2D eigenvalue weighted by Gasteiger charge is -2.28. The van der Waals surface area contributed by atoms with Crippen LogP contribution < -0.4 is 9.47 Å². The van der Waals surface area contributed by atoms with E-state index in [0.29, 0.717) is 26.4 Å². The zero-order valence-electron chi connectivity index (χ0n) is 30.0. The van der Waals surface area contributed by atoms with E-state index in [9.17, 15) is 0 Å². The van der Waals surface area contributed by atoms with Crippen LogP contribution in [0.5, 0.6) is 11.5 Å². The van der Waals surface area contributed by atoms with Gasteiger partial charge in [0, 0.05) is 18.6 Å². The molecule has 0 bridgehead atoms. The first kappa shape index (κ1) is 46.0. The van der Waals surface area contributed by atoms with E-state index >= 15 is 0 Å². The highest BCUT2D eigenvalue weighted by Gasteiger charge is 2.28. The number of hydrogen-bond donors (Lipinski definition) is 0. The van der Waals surface area contributed by atoms with Crippen molar-refractivity contribution in [1.29, 1.82) is 0 Å². The molecule has 2 unspecified atom stereocenters. The number of benzene rings is 2. The Kier molecular flexibility index (Phi) is 25.0. The maximum absolute atomic E-state index is 6.23. The SMILES string of the molecule is CCCCCCCCCOCC(Br)COc1c(Br)cc(C(C)(C)c2cc(Br)c(OCC(Br)COCCCCCCCCC)c(Br)c2)cc1Br. The van der Waals surface area contributed by atoms with Gasteiger partial charge < -0.3 is 18.9 Å². The summed E-state index contributed by atoms with van der Waals surface area (Å²) in [6.07, 6.45) is 18.0. The van der Waals surface area contributed by atoms with Gasteiger partial charge in [0.15, 0.2) is 0 Å². The van der Waals surface area contributed by atoms with Gasteiger partial charge in [0.2, 0.25) is 0 Å². The molecule has 4 nitrogen and oxygen atoms in total. The number of rotatable bonds is 28. The van der Waals surface area contributed by atoms with E-state index in [0.717, 1.165) is 66.6 Å². The van der Waals surface area contributed by atoms with E-state index in [2.05, 4.69) is 148 Å². The standard InChI is InChI=1S/C39H58Br6O4/c1-5-7-9-11-13-15-17-19-46-25-31(40)27-48-37-33(42)21-29(22-34(37)43)39(3,4)30-23-35(44)38(36(45)24-30)49-28-32(41)26-47-20-18-16-14-12-10-8-6-2/h21-24,31-32H,5-20,25-28H2,1-4H3. The van der Waals surface area contributed by atoms with Crippen LogP contribution in [0.1, 0.15) is 129 Å². The van der Waals surface area contributed by atoms with Gasteiger partial charge in [0.25, 0.3) is 0 Å².